The number of methoxy groups -OCH3 is 1. The maximum absolute atomic E-state index is 13.3. The topological polar surface area (TPSA) is 89.8 Å². The summed E-state index contributed by atoms with van der Waals surface area (Å²) in [5.41, 5.74) is 1.68. The predicted molar refractivity (Wildman–Crippen MR) is 97.3 cm³/mol. The van der Waals surface area contributed by atoms with Gasteiger partial charge in [-0.25, -0.2) is 4.79 Å². The van der Waals surface area contributed by atoms with Gasteiger partial charge in [0.2, 0.25) is 0 Å². The highest BCUT2D eigenvalue weighted by Gasteiger charge is 2.33. The van der Waals surface area contributed by atoms with Gasteiger partial charge in [-0.2, -0.15) is 0 Å². The van der Waals surface area contributed by atoms with Crippen molar-refractivity contribution in [3.05, 3.63) is 69.3 Å². The highest BCUT2D eigenvalue weighted by Crippen LogP contribution is 2.30. The number of hydrogen-bond acceptors (Lipinski definition) is 5. The Balaban J connectivity index is 2.68. The molecule has 0 heterocycles. The number of carbonyl (C=O) groups is 2. The van der Waals surface area contributed by atoms with Gasteiger partial charge in [-0.3, -0.25) is 19.8 Å². The van der Waals surface area contributed by atoms with Crippen LogP contribution in [0, 0.1) is 24.0 Å². The molecule has 2 aromatic carbocycles. The van der Waals surface area contributed by atoms with E-state index in [4.69, 9.17) is 4.74 Å². The lowest BCUT2D eigenvalue weighted by molar-refractivity contribution is -0.385. The molecule has 0 aliphatic heterocycles. The predicted octanol–water partition coefficient (Wildman–Crippen LogP) is 3.42. The number of para-hydroxylation sites is 2. The van der Waals surface area contributed by atoms with Crippen LogP contribution in [-0.4, -0.2) is 30.0 Å². The molecule has 2 rings (SSSR count). The minimum Gasteiger partial charge on any atom is -0.467 e. The number of benzene rings is 2. The second-order valence-corrected chi connectivity index (χ2v) is 5.89. The number of amides is 1. The van der Waals surface area contributed by atoms with E-state index in [1.54, 1.807) is 6.07 Å². The van der Waals surface area contributed by atoms with Gasteiger partial charge >= 0.3 is 5.97 Å². The lowest BCUT2D eigenvalue weighted by atomic mass is 10.0. The smallest absolute Gasteiger partial charge is 0.328 e. The number of carbonyl (C=O) groups excluding carboxylic acids is 2. The van der Waals surface area contributed by atoms with Gasteiger partial charge in [0, 0.05) is 6.07 Å². The minimum absolute atomic E-state index is 0.0871. The van der Waals surface area contributed by atoms with E-state index in [1.165, 1.54) is 37.1 Å². The summed E-state index contributed by atoms with van der Waals surface area (Å²) in [5, 5.41) is 11.3. The summed E-state index contributed by atoms with van der Waals surface area (Å²) in [7, 11) is 1.23. The summed E-state index contributed by atoms with van der Waals surface area (Å²) < 4.78 is 4.79. The third-order valence-electron chi connectivity index (χ3n) is 4.16. The van der Waals surface area contributed by atoms with Gasteiger partial charge in [0.25, 0.3) is 11.6 Å². The highest BCUT2D eigenvalue weighted by atomic mass is 16.6. The number of nitro groups is 1. The van der Waals surface area contributed by atoms with Crippen LogP contribution in [0.1, 0.15) is 28.4 Å². The van der Waals surface area contributed by atoms with Gasteiger partial charge in [-0.1, -0.05) is 30.3 Å². The van der Waals surface area contributed by atoms with Gasteiger partial charge in [0.1, 0.15) is 11.6 Å². The number of esters is 1. The van der Waals surface area contributed by atoms with E-state index in [1.807, 2.05) is 32.0 Å². The number of anilines is 1. The summed E-state index contributed by atoms with van der Waals surface area (Å²) in [6.45, 7) is 5.16. The van der Waals surface area contributed by atoms with Crippen molar-refractivity contribution in [1.29, 1.82) is 0 Å². The average molecular weight is 356 g/mol. The summed E-state index contributed by atoms with van der Waals surface area (Å²) in [5.74, 6) is -1.24. The van der Waals surface area contributed by atoms with Gasteiger partial charge < -0.3 is 4.74 Å². The zero-order valence-corrected chi connectivity index (χ0v) is 15.1. The van der Waals surface area contributed by atoms with Crippen LogP contribution in [0.25, 0.3) is 0 Å². The van der Waals surface area contributed by atoms with Crippen molar-refractivity contribution in [2.45, 2.75) is 26.8 Å². The summed E-state index contributed by atoms with van der Waals surface area (Å²) >= 11 is 0. The average Bonchev–Trinajstić information content (AvgIpc) is 2.63. The number of rotatable bonds is 5. The van der Waals surface area contributed by atoms with E-state index >= 15 is 0 Å². The largest absolute Gasteiger partial charge is 0.467 e. The van der Waals surface area contributed by atoms with Crippen LogP contribution < -0.4 is 4.90 Å². The molecule has 0 fully saturated rings. The fourth-order valence-corrected chi connectivity index (χ4v) is 2.88. The fraction of sp³-hybridized carbons (Fsp3) is 0.263. The first-order chi connectivity index (χ1) is 12.3. The van der Waals surface area contributed by atoms with Crippen LogP contribution >= 0.6 is 0 Å². The lowest BCUT2D eigenvalue weighted by Gasteiger charge is -2.30. The van der Waals surface area contributed by atoms with E-state index in [0.29, 0.717) is 5.69 Å². The molecule has 7 heteroatoms. The second-order valence-electron chi connectivity index (χ2n) is 5.89. The van der Waals surface area contributed by atoms with Crippen LogP contribution in [0.5, 0.6) is 0 Å². The first-order valence-electron chi connectivity index (χ1n) is 8.00. The first kappa shape index (κ1) is 19.1. The van der Waals surface area contributed by atoms with E-state index in [0.717, 1.165) is 11.1 Å². The lowest BCUT2D eigenvalue weighted by Crippen LogP contribution is -2.45. The SMILES string of the molecule is COC(=O)C(C)N(C(=O)c1ccccc1[N+](=O)[O-])c1c(C)cccc1C. The summed E-state index contributed by atoms with van der Waals surface area (Å²) in [6.07, 6.45) is 0. The monoisotopic (exact) mass is 356 g/mol. The molecular formula is C19H20N2O5. The Morgan fingerprint density at radius 2 is 1.65 bits per heavy atom. The third-order valence-corrected chi connectivity index (χ3v) is 4.16. The fourth-order valence-electron chi connectivity index (χ4n) is 2.88. The molecular weight excluding hydrogens is 336 g/mol. The minimum atomic E-state index is -0.952. The maximum atomic E-state index is 13.3. The van der Waals surface area contributed by atoms with Crippen molar-refractivity contribution in [2.24, 2.45) is 0 Å². The van der Waals surface area contributed by atoms with Gasteiger partial charge in [0.15, 0.2) is 0 Å². The summed E-state index contributed by atoms with van der Waals surface area (Å²) in [6, 6.07) is 10.2. The molecule has 0 aliphatic rings. The Labute approximate surface area is 151 Å². The van der Waals surface area contributed by atoms with Gasteiger partial charge in [-0.15, -0.1) is 0 Å². The molecule has 1 unspecified atom stereocenters. The molecule has 2 aromatic rings. The molecule has 0 bridgehead atoms. The van der Waals surface area contributed by atoms with Crippen LogP contribution in [-0.2, 0) is 9.53 Å². The zero-order valence-electron chi connectivity index (χ0n) is 15.1. The van der Waals surface area contributed by atoms with Gasteiger partial charge in [-0.05, 0) is 38.0 Å². The molecule has 7 nitrogen and oxygen atoms in total. The van der Waals surface area contributed by atoms with Crippen molar-refractivity contribution >= 4 is 23.3 Å². The number of ether oxygens (including phenoxy) is 1. The van der Waals surface area contributed by atoms with Crippen molar-refractivity contribution < 1.29 is 19.2 Å². The number of nitro benzene ring substituents is 1. The second kappa shape index (κ2) is 7.77. The molecule has 0 saturated carbocycles. The molecule has 0 radical (unpaired) electrons. The van der Waals surface area contributed by atoms with Crippen molar-refractivity contribution in [1.82, 2.24) is 0 Å². The standard InChI is InChI=1S/C19H20N2O5/c1-12-8-7-9-13(2)17(12)20(14(3)19(23)26-4)18(22)15-10-5-6-11-16(15)21(24)25/h5-11,14H,1-4H3. The zero-order chi connectivity index (χ0) is 19.4. The molecule has 0 saturated heterocycles. The number of nitrogens with zero attached hydrogens (tertiary/aromatic N) is 2. The molecule has 136 valence electrons. The Kier molecular flexibility index (Phi) is 5.71. The van der Waals surface area contributed by atoms with Crippen LogP contribution in [0.15, 0.2) is 42.5 Å². The Hall–Kier alpha value is -3.22. The normalized spacial score (nSPS) is 11.5. The molecule has 1 amide bonds. The number of hydrogen-bond donors (Lipinski definition) is 0. The van der Waals surface area contributed by atoms with E-state index in [2.05, 4.69) is 0 Å². The highest BCUT2D eigenvalue weighted by molar-refractivity contribution is 6.12. The Morgan fingerprint density at radius 3 is 2.19 bits per heavy atom. The van der Waals surface area contributed by atoms with Crippen LogP contribution in [0.4, 0.5) is 11.4 Å². The van der Waals surface area contributed by atoms with E-state index in [-0.39, 0.29) is 11.3 Å². The van der Waals surface area contributed by atoms with Gasteiger partial charge in [0.05, 0.1) is 17.7 Å². The van der Waals surface area contributed by atoms with Crippen LogP contribution in [0.3, 0.4) is 0 Å². The van der Waals surface area contributed by atoms with Crippen molar-refractivity contribution in [3.8, 4) is 0 Å². The Morgan fingerprint density at radius 1 is 1.08 bits per heavy atom. The van der Waals surface area contributed by atoms with Crippen LogP contribution in [0.2, 0.25) is 0 Å². The van der Waals surface area contributed by atoms with Crippen molar-refractivity contribution in [2.75, 3.05) is 12.0 Å². The quantitative estimate of drug-likeness (QED) is 0.465. The molecule has 26 heavy (non-hydrogen) atoms. The van der Waals surface area contributed by atoms with E-state index < -0.39 is 22.8 Å². The first-order valence-corrected chi connectivity index (χ1v) is 8.00. The van der Waals surface area contributed by atoms with E-state index in [9.17, 15) is 19.7 Å². The van der Waals surface area contributed by atoms with Crippen molar-refractivity contribution in [3.63, 3.8) is 0 Å². The third kappa shape index (κ3) is 3.56. The number of aryl methyl sites for hydroxylation is 2. The summed E-state index contributed by atoms with van der Waals surface area (Å²) in [4.78, 5) is 37.4. The molecule has 0 N–H and O–H groups in total. The Bertz CT molecular complexity index is 843. The molecule has 0 aromatic heterocycles. The molecule has 1 atom stereocenters. The molecule has 0 aliphatic carbocycles. The maximum Gasteiger partial charge on any atom is 0.328 e. The molecule has 0 spiro atoms.